The van der Waals surface area contributed by atoms with Crippen LogP contribution in [-0.4, -0.2) is 30.7 Å². The second-order valence-corrected chi connectivity index (χ2v) is 10.4. The summed E-state index contributed by atoms with van der Waals surface area (Å²) in [6.45, 7) is 4.56. The van der Waals surface area contributed by atoms with Gasteiger partial charge in [0.05, 0.1) is 22.0 Å². The molecule has 1 aromatic heterocycles. The minimum Gasteiger partial charge on any atom is -0.348 e. The summed E-state index contributed by atoms with van der Waals surface area (Å²) in [6.07, 6.45) is 0.672. The predicted octanol–water partition coefficient (Wildman–Crippen LogP) is 4.17. The van der Waals surface area contributed by atoms with Gasteiger partial charge in [-0.2, -0.15) is 5.10 Å². The van der Waals surface area contributed by atoms with E-state index in [1.165, 1.54) is 16.4 Å². The Morgan fingerprint density at radius 3 is 2.51 bits per heavy atom. The van der Waals surface area contributed by atoms with Gasteiger partial charge in [-0.05, 0) is 62.2 Å². The summed E-state index contributed by atoms with van der Waals surface area (Å²) in [5.74, 6) is -0.338. The SMILES string of the molecule is Cc1nn(-c2ccccc2)c(C)c1CNC(=O)c1cccc(S(=O)(=O)N2CCc3ccccc32)c1. The molecule has 4 aromatic rings. The first-order valence-corrected chi connectivity index (χ1v) is 12.9. The Morgan fingerprint density at radius 1 is 0.971 bits per heavy atom. The zero-order valence-corrected chi connectivity index (χ0v) is 20.4. The lowest BCUT2D eigenvalue weighted by Gasteiger charge is -2.20. The van der Waals surface area contributed by atoms with Crippen LogP contribution in [0.5, 0.6) is 0 Å². The fourth-order valence-electron chi connectivity index (χ4n) is 4.50. The number of anilines is 1. The van der Waals surface area contributed by atoms with Crippen LogP contribution >= 0.6 is 0 Å². The fourth-order valence-corrected chi connectivity index (χ4v) is 6.05. The lowest BCUT2D eigenvalue weighted by molar-refractivity contribution is 0.0950. The molecule has 1 amide bonds. The van der Waals surface area contributed by atoms with Crippen LogP contribution in [0, 0.1) is 13.8 Å². The van der Waals surface area contributed by atoms with Crippen molar-refractivity contribution in [3.63, 3.8) is 0 Å². The molecule has 178 valence electrons. The molecule has 1 aliphatic rings. The van der Waals surface area contributed by atoms with E-state index in [9.17, 15) is 13.2 Å². The number of rotatable bonds is 6. The van der Waals surface area contributed by atoms with E-state index in [2.05, 4.69) is 10.4 Å². The summed E-state index contributed by atoms with van der Waals surface area (Å²) in [4.78, 5) is 13.1. The molecule has 5 rings (SSSR count). The summed E-state index contributed by atoms with van der Waals surface area (Å²) in [7, 11) is -3.78. The minimum atomic E-state index is -3.78. The average Bonchev–Trinajstić information content (AvgIpc) is 3.44. The van der Waals surface area contributed by atoms with Crippen LogP contribution < -0.4 is 9.62 Å². The van der Waals surface area contributed by atoms with Crippen molar-refractivity contribution in [1.82, 2.24) is 15.1 Å². The van der Waals surface area contributed by atoms with Gasteiger partial charge in [0, 0.05) is 29.9 Å². The van der Waals surface area contributed by atoms with E-state index in [4.69, 9.17) is 0 Å². The molecule has 35 heavy (non-hydrogen) atoms. The number of fused-ring (bicyclic) bond motifs is 1. The maximum absolute atomic E-state index is 13.4. The van der Waals surface area contributed by atoms with Gasteiger partial charge < -0.3 is 5.32 Å². The van der Waals surface area contributed by atoms with Gasteiger partial charge >= 0.3 is 0 Å². The highest BCUT2D eigenvalue weighted by atomic mass is 32.2. The molecule has 0 aliphatic carbocycles. The van der Waals surface area contributed by atoms with E-state index >= 15 is 0 Å². The van der Waals surface area contributed by atoms with Crippen molar-refractivity contribution in [2.75, 3.05) is 10.8 Å². The molecule has 8 heteroatoms. The Morgan fingerprint density at radius 2 is 1.71 bits per heavy atom. The van der Waals surface area contributed by atoms with E-state index in [0.29, 0.717) is 30.8 Å². The summed E-state index contributed by atoms with van der Waals surface area (Å²) in [5.41, 5.74) is 5.65. The Hall–Kier alpha value is -3.91. The largest absolute Gasteiger partial charge is 0.348 e. The third-order valence-electron chi connectivity index (χ3n) is 6.40. The molecule has 0 saturated carbocycles. The maximum Gasteiger partial charge on any atom is 0.264 e. The zero-order valence-electron chi connectivity index (χ0n) is 19.6. The lowest BCUT2D eigenvalue weighted by atomic mass is 10.1. The summed E-state index contributed by atoms with van der Waals surface area (Å²) >= 11 is 0. The molecule has 2 heterocycles. The number of sulfonamides is 1. The van der Waals surface area contributed by atoms with Crippen LogP contribution in [0.2, 0.25) is 0 Å². The van der Waals surface area contributed by atoms with Gasteiger partial charge in [-0.15, -0.1) is 0 Å². The van der Waals surface area contributed by atoms with E-state index in [1.54, 1.807) is 12.1 Å². The Balaban J connectivity index is 1.35. The minimum absolute atomic E-state index is 0.103. The van der Waals surface area contributed by atoms with Gasteiger partial charge in [0.1, 0.15) is 0 Å². The Kier molecular flexibility index (Phi) is 5.90. The van der Waals surface area contributed by atoms with Crippen molar-refractivity contribution >= 4 is 21.6 Å². The second-order valence-electron chi connectivity index (χ2n) is 8.56. The van der Waals surface area contributed by atoms with Crippen molar-refractivity contribution in [2.45, 2.75) is 31.7 Å². The number of nitrogens with one attached hydrogen (secondary N) is 1. The molecule has 0 atom stereocenters. The van der Waals surface area contributed by atoms with E-state index in [0.717, 1.165) is 28.2 Å². The summed E-state index contributed by atoms with van der Waals surface area (Å²) in [6, 6.07) is 23.5. The molecule has 0 bridgehead atoms. The van der Waals surface area contributed by atoms with Crippen LogP contribution in [0.25, 0.3) is 5.69 Å². The maximum atomic E-state index is 13.4. The second kappa shape index (κ2) is 9.03. The zero-order chi connectivity index (χ0) is 24.6. The van der Waals surface area contributed by atoms with Gasteiger partial charge in [0.25, 0.3) is 15.9 Å². The van der Waals surface area contributed by atoms with Crippen LogP contribution in [0.3, 0.4) is 0 Å². The van der Waals surface area contributed by atoms with Gasteiger partial charge in [-0.1, -0.05) is 42.5 Å². The van der Waals surface area contributed by atoms with Crippen LogP contribution in [0.1, 0.15) is 32.9 Å². The number of hydrogen-bond donors (Lipinski definition) is 1. The van der Waals surface area contributed by atoms with Crippen molar-refractivity contribution in [2.24, 2.45) is 0 Å². The molecule has 3 aromatic carbocycles. The highest BCUT2D eigenvalue weighted by Gasteiger charge is 2.31. The van der Waals surface area contributed by atoms with E-state index in [1.807, 2.05) is 73.1 Å². The first kappa shape index (κ1) is 22.9. The number of benzene rings is 3. The predicted molar refractivity (Wildman–Crippen MR) is 135 cm³/mol. The molecule has 0 saturated heterocycles. The van der Waals surface area contributed by atoms with Crippen molar-refractivity contribution < 1.29 is 13.2 Å². The number of nitrogens with zero attached hydrogens (tertiary/aromatic N) is 3. The summed E-state index contributed by atoms with van der Waals surface area (Å²) < 4.78 is 30.0. The molecule has 0 radical (unpaired) electrons. The Labute approximate surface area is 205 Å². The lowest BCUT2D eigenvalue weighted by Crippen LogP contribution is -2.29. The Bertz CT molecular complexity index is 1510. The van der Waals surface area contributed by atoms with Crippen molar-refractivity contribution in [3.05, 3.63) is 107 Å². The monoisotopic (exact) mass is 486 g/mol. The number of aryl methyl sites for hydroxylation is 1. The first-order valence-electron chi connectivity index (χ1n) is 11.5. The molecule has 1 N–H and O–H groups in total. The topological polar surface area (TPSA) is 84.3 Å². The molecule has 7 nitrogen and oxygen atoms in total. The van der Waals surface area contributed by atoms with Crippen molar-refractivity contribution in [1.29, 1.82) is 0 Å². The number of carbonyl (C=O) groups excluding carboxylic acids is 1. The summed E-state index contributed by atoms with van der Waals surface area (Å²) in [5, 5.41) is 7.55. The van der Waals surface area contributed by atoms with Crippen molar-refractivity contribution in [3.8, 4) is 5.69 Å². The van der Waals surface area contributed by atoms with E-state index < -0.39 is 10.0 Å². The van der Waals surface area contributed by atoms with E-state index in [-0.39, 0.29) is 10.8 Å². The highest BCUT2D eigenvalue weighted by Crippen LogP contribution is 2.32. The third-order valence-corrected chi connectivity index (χ3v) is 8.21. The van der Waals surface area contributed by atoms with Gasteiger partial charge in [-0.25, -0.2) is 13.1 Å². The van der Waals surface area contributed by atoms with Crippen LogP contribution in [0.15, 0.2) is 83.8 Å². The fraction of sp³-hybridized carbons (Fsp3) is 0.185. The van der Waals surface area contributed by atoms with Crippen LogP contribution in [-0.2, 0) is 23.0 Å². The van der Waals surface area contributed by atoms with Gasteiger partial charge in [0.15, 0.2) is 0 Å². The number of hydrogen-bond acceptors (Lipinski definition) is 4. The smallest absolute Gasteiger partial charge is 0.264 e. The highest BCUT2D eigenvalue weighted by molar-refractivity contribution is 7.92. The molecular weight excluding hydrogens is 460 g/mol. The molecule has 0 unspecified atom stereocenters. The average molecular weight is 487 g/mol. The van der Waals surface area contributed by atoms with Gasteiger partial charge in [-0.3, -0.25) is 9.10 Å². The standard InChI is InChI=1S/C27H26N4O3S/c1-19-25(20(2)31(29-19)23-11-4-3-5-12-23)18-28-27(32)22-10-8-13-24(17-22)35(33,34)30-16-15-21-9-6-7-14-26(21)30/h3-14,17H,15-16,18H2,1-2H3,(H,28,32). The number of aromatic nitrogens is 2. The number of para-hydroxylation sites is 2. The number of amides is 1. The quantitative estimate of drug-likeness (QED) is 0.443. The number of carbonyl (C=O) groups is 1. The molecule has 1 aliphatic heterocycles. The third kappa shape index (κ3) is 4.21. The molecule has 0 spiro atoms. The van der Waals surface area contributed by atoms with Gasteiger partial charge in [0.2, 0.25) is 0 Å². The normalized spacial score (nSPS) is 13.0. The molecular formula is C27H26N4O3S. The first-order chi connectivity index (χ1) is 16.9. The molecule has 0 fully saturated rings. The van der Waals surface area contributed by atoms with Crippen LogP contribution in [0.4, 0.5) is 5.69 Å².